The quantitative estimate of drug-likeness (QED) is 0.561. The first-order valence-electron chi connectivity index (χ1n) is 3.84. The molecule has 1 aliphatic rings. The van der Waals surface area contributed by atoms with Gasteiger partial charge in [-0.05, 0) is 18.1 Å². The van der Waals surface area contributed by atoms with Crippen LogP contribution in [0.4, 0.5) is 0 Å². The standard InChI is InChI=1S/C9H14OS/c1-8(2,3)11-7-6-9(10)4-5-9/h10H,4-5H2,1-3H3. The predicted molar refractivity (Wildman–Crippen MR) is 49.3 cm³/mol. The van der Waals surface area contributed by atoms with Crippen molar-refractivity contribution in [2.24, 2.45) is 0 Å². The second kappa shape index (κ2) is 2.73. The summed E-state index contributed by atoms with van der Waals surface area (Å²) < 4.78 is 0.179. The first-order chi connectivity index (χ1) is 4.91. The van der Waals surface area contributed by atoms with E-state index in [0.29, 0.717) is 0 Å². The highest BCUT2D eigenvalue weighted by Gasteiger charge is 2.38. The molecule has 0 atom stereocenters. The molecule has 0 radical (unpaired) electrons. The first-order valence-corrected chi connectivity index (χ1v) is 4.66. The van der Waals surface area contributed by atoms with Gasteiger partial charge in [-0.2, -0.15) is 0 Å². The molecule has 1 nitrogen and oxygen atoms in total. The summed E-state index contributed by atoms with van der Waals surface area (Å²) in [6.45, 7) is 6.34. The summed E-state index contributed by atoms with van der Waals surface area (Å²) in [5.41, 5.74) is -0.613. The highest BCUT2D eigenvalue weighted by Crippen LogP contribution is 2.34. The smallest absolute Gasteiger partial charge is 0.126 e. The van der Waals surface area contributed by atoms with E-state index in [9.17, 15) is 5.11 Å². The molecule has 0 heterocycles. The van der Waals surface area contributed by atoms with E-state index in [2.05, 4.69) is 31.9 Å². The number of thioether (sulfide) groups is 1. The molecule has 1 aliphatic carbocycles. The molecule has 0 aromatic heterocycles. The third-order valence-electron chi connectivity index (χ3n) is 1.36. The SMILES string of the molecule is CC(C)(C)SC#CC1(O)CC1. The average Bonchev–Trinajstić information content (AvgIpc) is 2.44. The van der Waals surface area contributed by atoms with Crippen LogP contribution in [0.5, 0.6) is 0 Å². The fourth-order valence-electron chi connectivity index (χ4n) is 0.517. The van der Waals surface area contributed by atoms with Crippen LogP contribution in [0.25, 0.3) is 0 Å². The van der Waals surface area contributed by atoms with Crippen LogP contribution in [0.3, 0.4) is 0 Å². The normalized spacial score (nSPS) is 20.4. The van der Waals surface area contributed by atoms with Gasteiger partial charge in [-0.25, -0.2) is 0 Å². The fourth-order valence-corrected chi connectivity index (χ4v) is 1.06. The van der Waals surface area contributed by atoms with Gasteiger partial charge in [-0.3, -0.25) is 0 Å². The molecule has 0 aromatic rings. The van der Waals surface area contributed by atoms with Crippen molar-refractivity contribution in [3.8, 4) is 11.2 Å². The fraction of sp³-hybridized carbons (Fsp3) is 0.778. The van der Waals surface area contributed by atoms with Gasteiger partial charge in [0, 0.05) is 4.75 Å². The number of hydrogen-bond donors (Lipinski definition) is 1. The maximum absolute atomic E-state index is 9.34. The van der Waals surface area contributed by atoms with Gasteiger partial charge in [0.05, 0.1) is 0 Å². The molecule has 11 heavy (non-hydrogen) atoms. The Kier molecular flexibility index (Phi) is 2.22. The lowest BCUT2D eigenvalue weighted by molar-refractivity contribution is 0.212. The second-order valence-electron chi connectivity index (χ2n) is 3.97. The van der Waals surface area contributed by atoms with Crippen molar-refractivity contribution in [2.45, 2.75) is 44.0 Å². The first kappa shape index (κ1) is 8.96. The third-order valence-corrected chi connectivity index (χ3v) is 2.18. The zero-order chi connectivity index (χ0) is 8.54. The van der Waals surface area contributed by atoms with Gasteiger partial charge in [0.2, 0.25) is 0 Å². The highest BCUT2D eigenvalue weighted by molar-refractivity contribution is 8.05. The van der Waals surface area contributed by atoms with Crippen LogP contribution in [0.1, 0.15) is 33.6 Å². The summed E-state index contributed by atoms with van der Waals surface area (Å²) in [6.07, 6.45) is 1.70. The van der Waals surface area contributed by atoms with Gasteiger partial charge in [0.15, 0.2) is 0 Å². The van der Waals surface area contributed by atoms with E-state index in [1.165, 1.54) is 0 Å². The summed E-state index contributed by atoms with van der Waals surface area (Å²) in [6, 6.07) is 0. The molecule has 62 valence electrons. The molecule has 0 bridgehead atoms. The predicted octanol–water partition coefficient (Wildman–Crippen LogP) is 2.00. The van der Waals surface area contributed by atoms with Gasteiger partial charge >= 0.3 is 0 Å². The summed E-state index contributed by atoms with van der Waals surface area (Å²) in [4.78, 5) is 0. The molecular weight excluding hydrogens is 156 g/mol. The van der Waals surface area contributed by atoms with Gasteiger partial charge in [0.1, 0.15) is 5.60 Å². The Morgan fingerprint density at radius 3 is 2.27 bits per heavy atom. The van der Waals surface area contributed by atoms with Crippen LogP contribution in [0, 0.1) is 11.2 Å². The van der Waals surface area contributed by atoms with Crippen LogP contribution < -0.4 is 0 Å². The molecule has 0 aliphatic heterocycles. The summed E-state index contributed by atoms with van der Waals surface area (Å²) in [5, 5.41) is 12.3. The van der Waals surface area contributed by atoms with Crippen molar-refractivity contribution in [3.05, 3.63) is 0 Å². The maximum atomic E-state index is 9.34. The lowest BCUT2D eigenvalue weighted by atomic mass is 10.3. The minimum absolute atomic E-state index is 0.179. The Balaban J connectivity index is 2.34. The molecule has 0 spiro atoms. The van der Waals surface area contributed by atoms with Crippen LogP contribution in [-0.4, -0.2) is 15.5 Å². The lowest BCUT2D eigenvalue weighted by Gasteiger charge is -2.11. The molecule has 1 rings (SSSR count). The van der Waals surface area contributed by atoms with Crippen LogP contribution in [0.15, 0.2) is 0 Å². The third kappa shape index (κ3) is 3.69. The van der Waals surface area contributed by atoms with Crippen molar-refractivity contribution >= 4 is 11.8 Å². The van der Waals surface area contributed by atoms with Gasteiger partial charge < -0.3 is 5.11 Å². The van der Waals surface area contributed by atoms with Crippen molar-refractivity contribution in [1.82, 2.24) is 0 Å². The van der Waals surface area contributed by atoms with Gasteiger partial charge in [-0.1, -0.05) is 38.5 Å². The monoisotopic (exact) mass is 170 g/mol. The van der Waals surface area contributed by atoms with Crippen LogP contribution in [-0.2, 0) is 0 Å². The Bertz CT molecular complexity index is 200. The van der Waals surface area contributed by atoms with Crippen molar-refractivity contribution < 1.29 is 5.11 Å². The number of aliphatic hydroxyl groups is 1. The number of rotatable bonds is 0. The van der Waals surface area contributed by atoms with Crippen LogP contribution in [0.2, 0.25) is 0 Å². The summed E-state index contributed by atoms with van der Waals surface area (Å²) in [5.74, 6) is 2.86. The Morgan fingerprint density at radius 2 is 1.91 bits per heavy atom. The Morgan fingerprint density at radius 1 is 1.36 bits per heavy atom. The maximum Gasteiger partial charge on any atom is 0.126 e. The zero-order valence-electron chi connectivity index (χ0n) is 7.27. The Labute approximate surface area is 72.6 Å². The largest absolute Gasteiger partial charge is 0.378 e. The summed E-state index contributed by atoms with van der Waals surface area (Å²) >= 11 is 1.58. The van der Waals surface area contributed by atoms with Gasteiger partial charge in [0.25, 0.3) is 0 Å². The van der Waals surface area contributed by atoms with Gasteiger partial charge in [-0.15, -0.1) is 0 Å². The van der Waals surface area contributed by atoms with Crippen molar-refractivity contribution in [2.75, 3.05) is 0 Å². The van der Waals surface area contributed by atoms with Crippen molar-refractivity contribution in [1.29, 1.82) is 0 Å². The minimum Gasteiger partial charge on any atom is -0.378 e. The van der Waals surface area contributed by atoms with E-state index >= 15 is 0 Å². The lowest BCUT2D eigenvalue weighted by Crippen LogP contribution is -2.06. The molecule has 2 heteroatoms. The van der Waals surface area contributed by atoms with E-state index < -0.39 is 5.60 Å². The molecule has 1 fully saturated rings. The molecule has 0 amide bonds. The Hall–Kier alpha value is -0.130. The molecule has 1 saturated carbocycles. The van der Waals surface area contributed by atoms with E-state index in [1.54, 1.807) is 11.8 Å². The highest BCUT2D eigenvalue weighted by atomic mass is 32.2. The van der Waals surface area contributed by atoms with Crippen LogP contribution >= 0.6 is 11.8 Å². The minimum atomic E-state index is -0.613. The molecular formula is C9H14OS. The molecule has 1 N–H and O–H groups in total. The van der Waals surface area contributed by atoms with Crippen molar-refractivity contribution in [3.63, 3.8) is 0 Å². The second-order valence-corrected chi connectivity index (χ2v) is 5.61. The van der Waals surface area contributed by atoms with E-state index in [1.807, 2.05) is 0 Å². The zero-order valence-corrected chi connectivity index (χ0v) is 8.09. The van der Waals surface area contributed by atoms with E-state index in [-0.39, 0.29) is 4.75 Å². The summed E-state index contributed by atoms with van der Waals surface area (Å²) in [7, 11) is 0. The van der Waals surface area contributed by atoms with E-state index in [4.69, 9.17) is 0 Å². The molecule has 0 unspecified atom stereocenters. The molecule has 0 saturated heterocycles. The number of hydrogen-bond acceptors (Lipinski definition) is 2. The topological polar surface area (TPSA) is 20.2 Å². The average molecular weight is 170 g/mol. The van der Waals surface area contributed by atoms with E-state index in [0.717, 1.165) is 12.8 Å². The molecule has 0 aromatic carbocycles.